The van der Waals surface area contributed by atoms with E-state index < -0.39 is 5.97 Å². The van der Waals surface area contributed by atoms with Crippen LogP contribution in [0.15, 0.2) is 23.1 Å². The van der Waals surface area contributed by atoms with Gasteiger partial charge in [-0.05, 0) is 36.6 Å². The van der Waals surface area contributed by atoms with Crippen LogP contribution in [-0.4, -0.2) is 48.0 Å². The Bertz CT molecular complexity index is 748. The first-order valence-corrected chi connectivity index (χ1v) is 9.94. The first-order chi connectivity index (χ1) is 13.0. The van der Waals surface area contributed by atoms with Gasteiger partial charge in [-0.3, -0.25) is 14.5 Å². The number of methoxy groups -OCH3 is 1. The van der Waals surface area contributed by atoms with Crippen molar-refractivity contribution in [2.75, 3.05) is 26.9 Å². The molecule has 0 atom stereocenters. The molecule has 1 aromatic rings. The Hall–Kier alpha value is -2.06. The van der Waals surface area contributed by atoms with Crippen molar-refractivity contribution in [3.05, 3.63) is 28.7 Å². The predicted octanol–water partition coefficient (Wildman–Crippen LogP) is 3.64. The number of nitrogens with zero attached hydrogens (tertiary/aromatic N) is 1. The van der Waals surface area contributed by atoms with Gasteiger partial charge >= 0.3 is 5.97 Å². The van der Waals surface area contributed by atoms with Crippen molar-refractivity contribution in [3.8, 4) is 11.5 Å². The van der Waals surface area contributed by atoms with E-state index >= 15 is 0 Å². The number of esters is 1. The number of hydrogen-bond donors (Lipinski definition) is 0. The zero-order valence-electron chi connectivity index (χ0n) is 15.6. The van der Waals surface area contributed by atoms with Crippen molar-refractivity contribution in [1.82, 2.24) is 4.90 Å². The van der Waals surface area contributed by atoms with E-state index in [0.29, 0.717) is 33.9 Å². The zero-order chi connectivity index (χ0) is 19.8. The van der Waals surface area contributed by atoms with E-state index in [-0.39, 0.29) is 12.5 Å². The Morgan fingerprint density at radius 2 is 1.96 bits per heavy atom. The molecule has 1 heterocycles. The molecule has 1 aliphatic rings. The topological polar surface area (TPSA) is 65.1 Å². The van der Waals surface area contributed by atoms with Crippen LogP contribution in [0.1, 0.15) is 32.3 Å². The zero-order valence-corrected chi connectivity index (χ0v) is 17.3. The van der Waals surface area contributed by atoms with Crippen LogP contribution in [-0.2, 0) is 14.3 Å². The molecule has 1 saturated heterocycles. The number of carbonyl (C=O) groups excluding carboxylic acids is 2. The third kappa shape index (κ3) is 5.71. The van der Waals surface area contributed by atoms with Gasteiger partial charge < -0.3 is 14.2 Å². The smallest absolute Gasteiger partial charge is 0.326 e. The van der Waals surface area contributed by atoms with E-state index in [1.807, 2.05) is 26.0 Å². The molecule has 27 heavy (non-hydrogen) atoms. The second kappa shape index (κ2) is 10.3. The normalized spacial score (nSPS) is 15.4. The summed E-state index contributed by atoms with van der Waals surface area (Å²) in [4.78, 5) is 26.1. The van der Waals surface area contributed by atoms with E-state index in [1.165, 1.54) is 4.90 Å². The average Bonchev–Trinajstić information content (AvgIpc) is 2.92. The maximum absolute atomic E-state index is 12.6. The Morgan fingerprint density at radius 1 is 1.22 bits per heavy atom. The lowest BCUT2D eigenvalue weighted by molar-refractivity contribution is -0.146. The van der Waals surface area contributed by atoms with Gasteiger partial charge in [0.2, 0.25) is 0 Å². The lowest BCUT2D eigenvalue weighted by Crippen LogP contribution is -2.34. The number of thiocarbonyl (C=S) groups is 1. The van der Waals surface area contributed by atoms with Gasteiger partial charge in [-0.25, -0.2) is 0 Å². The molecule has 1 aromatic carbocycles. The second-order valence-corrected chi connectivity index (χ2v) is 7.42. The number of thioether (sulfide) groups is 1. The highest BCUT2D eigenvalue weighted by molar-refractivity contribution is 8.26. The van der Waals surface area contributed by atoms with E-state index in [2.05, 4.69) is 0 Å². The van der Waals surface area contributed by atoms with Crippen LogP contribution in [0.5, 0.6) is 11.5 Å². The number of carbonyl (C=O) groups is 2. The number of benzene rings is 1. The minimum atomic E-state index is -0.464. The Labute approximate surface area is 168 Å². The molecule has 1 fully saturated rings. The molecule has 0 radical (unpaired) electrons. The summed E-state index contributed by atoms with van der Waals surface area (Å²) < 4.78 is 16.4. The monoisotopic (exact) mass is 409 g/mol. The first-order valence-electron chi connectivity index (χ1n) is 8.72. The van der Waals surface area contributed by atoms with Crippen molar-refractivity contribution in [3.63, 3.8) is 0 Å². The molecule has 0 aromatic heterocycles. The van der Waals surface area contributed by atoms with Crippen LogP contribution in [0.25, 0.3) is 6.08 Å². The van der Waals surface area contributed by atoms with Gasteiger partial charge in [0.15, 0.2) is 11.5 Å². The summed E-state index contributed by atoms with van der Waals surface area (Å²) in [5.41, 5.74) is 0.782. The molecule has 8 heteroatoms. The largest absolute Gasteiger partial charge is 0.493 e. The Balaban J connectivity index is 2.13. The van der Waals surface area contributed by atoms with Crippen LogP contribution in [0.4, 0.5) is 0 Å². The molecule has 0 aliphatic carbocycles. The molecule has 1 aliphatic heterocycles. The highest BCUT2D eigenvalue weighted by Crippen LogP contribution is 2.34. The summed E-state index contributed by atoms with van der Waals surface area (Å²) in [7, 11) is 1.57. The Kier molecular flexibility index (Phi) is 8.12. The lowest BCUT2D eigenvalue weighted by Gasteiger charge is -2.13. The standard InChI is InChI=1S/C19H23NO5S2/c1-4-8-24-14-7-6-13(10-15(14)23-3)11-16-18(22)20(19(26)27-16)12-17(21)25-9-5-2/h6-7,10-11H,4-5,8-9,12H2,1-3H3/b16-11+. The van der Waals surface area contributed by atoms with E-state index in [4.69, 9.17) is 26.4 Å². The maximum Gasteiger partial charge on any atom is 0.326 e. The van der Waals surface area contributed by atoms with E-state index in [1.54, 1.807) is 19.3 Å². The average molecular weight is 410 g/mol. The highest BCUT2D eigenvalue weighted by atomic mass is 32.2. The summed E-state index contributed by atoms with van der Waals surface area (Å²) in [6, 6.07) is 5.45. The van der Waals surface area contributed by atoms with Crippen molar-refractivity contribution < 1.29 is 23.8 Å². The molecule has 0 bridgehead atoms. The van der Waals surface area contributed by atoms with E-state index in [9.17, 15) is 9.59 Å². The highest BCUT2D eigenvalue weighted by Gasteiger charge is 2.33. The SMILES string of the molecule is CCCOC(=O)CN1C(=O)/C(=C\c2ccc(OCCC)c(OC)c2)SC1=S. The molecule has 6 nitrogen and oxygen atoms in total. The molecule has 0 unspecified atom stereocenters. The number of ether oxygens (including phenoxy) is 3. The molecule has 0 spiro atoms. The molecule has 0 N–H and O–H groups in total. The van der Waals surface area contributed by atoms with Gasteiger partial charge in [-0.15, -0.1) is 0 Å². The third-order valence-corrected chi connectivity index (χ3v) is 4.95. The van der Waals surface area contributed by atoms with Crippen LogP contribution >= 0.6 is 24.0 Å². The van der Waals surface area contributed by atoms with Gasteiger partial charge in [0.1, 0.15) is 10.9 Å². The fraction of sp³-hybridized carbons (Fsp3) is 0.421. The van der Waals surface area contributed by atoms with Crippen molar-refractivity contribution in [2.45, 2.75) is 26.7 Å². The fourth-order valence-corrected chi connectivity index (χ4v) is 3.54. The fourth-order valence-electron chi connectivity index (χ4n) is 2.28. The van der Waals surface area contributed by atoms with Crippen molar-refractivity contribution in [2.24, 2.45) is 0 Å². The van der Waals surface area contributed by atoms with E-state index in [0.717, 1.165) is 30.2 Å². The third-order valence-electron chi connectivity index (χ3n) is 3.58. The summed E-state index contributed by atoms with van der Waals surface area (Å²) in [5, 5.41) is 0. The second-order valence-electron chi connectivity index (χ2n) is 5.75. The predicted molar refractivity (Wildman–Crippen MR) is 110 cm³/mol. The minimum Gasteiger partial charge on any atom is -0.493 e. The van der Waals surface area contributed by atoms with Gasteiger partial charge in [0.25, 0.3) is 5.91 Å². The summed E-state index contributed by atoms with van der Waals surface area (Å²) in [6.45, 7) is 4.69. The lowest BCUT2D eigenvalue weighted by atomic mass is 10.2. The molecule has 0 saturated carbocycles. The number of hydrogen-bond acceptors (Lipinski definition) is 7. The van der Waals surface area contributed by atoms with Crippen LogP contribution < -0.4 is 9.47 Å². The molecule has 1 amide bonds. The number of rotatable bonds is 9. The summed E-state index contributed by atoms with van der Waals surface area (Å²) in [6.07, 6.45) is 3.35. The summed E-state index contributed by atoms with van der Waals surface area (Å²) in [5.74, 6) is 0.482. The summed E-state index contributed by atoms with van der Waals surface area (Å²) >= 11 is 6.40. The Morgan fingerprint density at radius 3 is 2.63 bits per heavy atom. The minimum absolute atomic E-state index is 0.172. The van der Waals surface area contributed by atoms with Crippen molar-refractivity contribution >= 4 is 46.3 Å². The van der Waals surface area contributed by atoms with Crippen LogP contribution in [0.3, 0.4) is 0 Å². The molecule has 2 rings (SSSR count). The van der Waals surface area contributed by atoms with Gasteiger partial charge in [0.05, 0.1) is 25.2 Å². The van der Waals surface area contributed by atoms with Crippen LogP contribution in [0, 0.1) is 0 Å². The van der Waals surface area contributed by atoms with Gasteiger partial charge in [-0.2, -0.15) is 0 Å². The molecular weight excluding hydrogens is 386 g/mol. The van der Waals surface area contributed by atoms with Crippen LogP contribution in [0.2, 0.25) is 0 Å². The first kappa shape index (κ1) is 21.2. The van der Waals surface area contributed by atoms with Crippen molar-refractivity contribution in [1.29, 1.82) is 0 Å². The quantitative estimate of drug-likeness (QED) is 0.350. The molecular formula is C19H23NO5S2. The van der Waals surface area contributed by atoms with Gasteiger partial charge in [-0.1, -0.05) is 43.9 Å². The number of amides is 1. The van der Waals surface area contributed by atoms with Gasteiger partial charge in [0, 0.05) is 0 Å². The molecule has 146 valence electrons. The maximum atomic E-state index is 12.6.